The fourth-order valence-corrected chi connectivity index (χ4v) is 4.18. The first kappa shape index (κ1) is 31.2. The van der Waals surface area contributed by atoms with Crippen LogP contribution in [0.25, 0.3) is 11.1 Å². The monoisotopic (exact) mass is 568 g/mol. The lowest BCUT2D eigenvalue weighted by atomic mass is 10.0. The van der Waals surface area contributed by atoms with E-state index in [1.54, 1.807) is 24.3 Å². The summed E-state index contributed by atoms with van der Waals surface area (Å²) in [6, 6.07) is 16.0. The third kappa shape index (κ3) is 9.37. The molecule has 0 fully saturated rings. The number of carbonyl (C=O) groups excluding carboxylic acids is 2. The second-order valence-electron chi connectivity index (χ2n) is 9.99. The topological polar surface area (TPSA) is 61.8 Å². The highest BCUT2D eigenvalue weighted by Crippen LogP contribution is 2.31. The first-order valence-corrected chi connectivity index (χ1v) is 14.4. The predicted molar refractivity (Wildman–Crippen MR) is 157 cm³/mol. The molecule has 0 saturated heterocycles. The second kappa shape index (κ2) is 16.0. The van der Waals surface area contributed by atoms with Crippen LogP contribution in [0.1, 0.15) is 86.4 Å². The van der Waals surface area contributed by atoms with Gasteiger partial charge in [-0.25, -0.2) is 14.0 Å². The van der Waals surface area contributed by atoms with E-state index in [1.165, 1.54) is 37.8 Å². The zero-order valence-corrected chi connectivity index (χ0v) is 24.3. The lowest BCUT2D eigenvalue weighted by Gasteiger charge is -2.11. The number of halogens is 2. The second-order valence-corrected chi connectivity index (χ2v) is 10.4. The molecule has 3 rings (SSSR count). The molecule has 0 aromatic heterocycles. The maximum absolute atomic E-state index is 14.6. The number of esters is 2. The smallest absolute Gasteiger partial charge is 0.343 e. The fourth-order valence-electron chi connectivity index (χ4n) is 3.95. The van der Waals surface area contributed by atoms with Gasteiger partial charge in [-0.2, -0.15) is 0 Å². The van der Waals surface area contributed by atoms with E-state index in [-0.39, 0.29) is 29.4 Å². The highest BCUT2D eigenvalue weighted by Gasteiger charge is 2.16. The van der Waals surface area contributed by atoms with E-state index in [4.69, 9.17) is 25.8 Å². The van der Waals surface area contributed by atoms with Crippen molar-refractivity contribution >= 4 is 23.5 Å². The summed E-state index contributed by atoms with van der Waals surface area (Å²) in [5.74, 6) is -1.56. The fraction of sp³-hybridized carbons (Fsp3) is 0.394. The SMILES string of the molecule is CCCCCCCCOc1ccc(-c2ccc(C(=O)Oc3ccc(C(=O)OCC(C)CC)cc3F)cc2)cc1Cl. The first-order chi connectivity index (χ1) is 19.3. The maximum atomic E-state index is 14.6. The van der Waals surface area contributed by atoms with Gasteiger partial charge in [0.25, 0.3) is 0 Å². The Bertz CT molecular complexity index is 1260. The number of hydrogen-bond acceptors (Lipinski definition) is 5. The van der Waals surface area contributed by atoms with Crippen LogP contribution in [0.15, 0.2) is 60.7 Å². The van der Waals surface area contributed by atoms with Crippen LogP contribution in [0.4, 0.5) is 4.39 Å². The van der Waals surface area contributed by atoms with Gasteiger partial charge in [0.05, 0.1) is 29.4 Å². The van der Waals surface area contributed by atoms with Crippen LogP contribution in [0, 0.1) is 11.7 Å². The van der Waals surface area contributed by atoms with Crippen LogP contribution < -0.4 is 9.47 Å². The molecule has 5 nitrogen and oxygen atoms in total. The minimum absolute atomic E-state index is 0.0578. The molecule has 0 radical (unpaired) electrons. The molecule has 0 heterocycles. The first-order valence-electron chi connectivity index (χ1n) is 14.0. The van der Waals surface area contributed by atoms with Gasteiger partial charge in [0.1, 0.15) is 5.75 Å². The number of rotatable bonds is 15. The predicted octanol–water partition coefficient (Wildman–Crippen LogP) is 9.31. The lowest BCUT2D eigenvalue weighted by Crippen LogP contribution is -2.13. The van der Waals surface area contributed by atoms with E-state index < -0.39 is 17.8 Å². The third-order valence-corrected chi connectivity index (χ3v) is 7.00. The average molecular weight is 569 g/mol. The molecular formula is C33H38ClFO5. The molecule has 0 N–H and O–H groups in total. The zero-order valence-electron chi connectivity index (χ0n) is 23.5. The van der Waals surface area contributed by atoms with Crippen molar-refractivity contribution in [3.8, 4) is 22.6 Å². The van der Waals surface area contributed by atoms with Crippen molar-refractivity contribution in [1.29, 1.82) is 0 Å². The molecule has 1 atom stereocenters. The van der Waals surface area contributed by atoms with Crippen molar-refractivity contribution < 1.29 is 28.2 Å². The van der Waals surface area contributed by atoms with Gasteiger partial charge < -0.3 is 14.2 Å². The number of benzene rings is 3. The van der Waals surface area contributed by atoms with Gasteiger partial charge >= 0.3 is 11.9 Å². The van der Waals surface area contributed by atoms with Gasteiger partial charge in [0.2, 0.25) is 0 Å². The van der Waals surface area contributed by atoms with Crippen LogP contribution in [0.3, 0.4) is 0 Å². The summed E-state index contributed by atoms with van der Waals surface area (Å²) < 4.78 is 30.8. The van der Waals surface area contributed by atoms with Crippen molar-refractivity contribution in [3.05, 3.63) is 82.6 Å². The Kier molecular flexibility index (Phi) is 12.5. The average Bonchev–Trinajstić information content (AvgIpc) is 2.96. The summed E-state index contributed by atoms with van der Waals surface area (Å²) >= 11 is 6.45. The summed E-state index contributed by atoms with van der Waals surface area (Å²) in [5, 5.41) is 0.523. The Labute approximate surface area is 241 Å². The van der Waals surface area contributed by atoms with Crippen molar-refractivity contribution in [3.63, 3.8) is 0 Å². The lowest BCUT2D eigenvalue weighted by molar-refractivity contribution is 0.0446. The molecule has 0 amide bonds. The van der Waals surface area contributed by atoms with E-state index >= 15 is 0 Å². The minimum atomic E-state index is -0.823. The molecule has 3 aromatic carbocycles. The number of ether oxygens (including phenoxy) is 3. The molecule has 0 aliphatic heterocycles. The molecule has 0 aliphatic carbocycles. The van der Waals surface area contributed by atoms with Gasteiger partial charge in [-0.1, -0.05) is 89.1 Å². The molecule has 214 valence electrons. The maximum Gasteiger partial charge on any atom is 0.343 e. The molecule has 1 unspecified atom stereocenters. The molecule has 40 heavy (non-hydrogen) atoms. The molecule has 0 bridgehead atoms. The van der Waals surface area contributed by atoms with E-state index in [9.17, 15) is 14.0 Å². The Morgan fingerprint density at radius 2 is 1.45 bits per heavy atom. The summed E-state index contributed by atoms with van der Waals surface area (Å²) in [5.41, 5.74) is 2.04. The standard InChI is InChI=1S/C33H38ClFO5/c1-4-6-7-8-9-10-19-38-30-17-15-26(20-28(30)34)24-11-13-25(14-12-24)33(37)40-31-18-16-27(21-29(31)35)32(36)39-22-23(3)5-2/h11-18,20-21,23H,4-10,19,22H2,1-3H3. The third-order valence-electron chi connectivity index (χ3n) is 6.71. The summed E-state index contributed by atoms with van der Waals surface area (Å²) in [7, 11) is 0. The number of hydrogen-bond donors (Lipinski definition) is 0. The van der Waals surface area contributed by atoms with Gasteiger partial charge in [0.15, 0.2) is 11.6 Å². The minimum Gasteiger partial charge on any atom is -0.492 e. The Morgan fingerprint density at radius 3 is 2.12 bits per heavy atom. The molecule has 7 heteroatoms. The Hall–Kier alpha value is -3.38. The quantitative estimate of drug-likeness (QED) is 0.104. The highest BCUT2D eigenvalue weighted by molar-refractivity contribution is 6.32. The van der Waals surface area contributed by atoms with Gasteiger partial charge in [-0.15, -0.1) is 0 Å². The van der Waals surface area contributed by atoms with Gasteiger partial charge in [-0.3, -0.25) is 0 Å². The van der Waals surface area contributed by atoms with E-state index in [0.29, 0.717) is 17.4 Å². The van der Waals surface area contributed by atoms with Gasteiger partial charge in [0, 0.05) is 0 Å². The Morgan fingerprint density at radius 1 is 0.800 bits per heavy atom. The van der Waals surface area contributed by atoms with Crippen LogP contribution in [-0.2, 0) is 4.74 Å². The van der Waals surface area contributed by atoms with Crippen LogP contribution in [0.2, 0.25) is 5.02 Å². The normalized spacial score (nSPS) is 11.6. The molecular weight excluding hydrogens is 531 g/mol. The number of unbranched alkanes of at least 4 members (excludes halogenated alkanes) is 5. The van der Waals surface area contributed by atoms with Crippen molar-refractivity contribution in [2.24, 2.45) is 5.92 Å². The number of carbonyl (C=O) groups is 2. The van der Waals surface area contributed by atoms with Crippen LogP contribution >= 0.6 is 11.6 Å². The van der Waals surface area contributed by atoms with E-state index in [2.05, 4.69) is 6.92 Å². The molecule has 3 aromatic rings. The van der Waals surface area contributed by atoms with Crippen LogP contribution in [0.5, 0.6) is 11.5 Å². The largest absolute Gasteiger partial charge is 0.492 e. The summed E-state index contributed by atoms with van der Waals surface area (Å²) in [6.07, 6.45) is 8.02. The highest BCUT2D eigenvalue weighted by atomic mass is 35.5. The summed E-state index contributed by atoms with van der Waals surface area (Å²) in [6.45, 7) is 7.05. The van der Waals surface area contributed by atoms with E-state index in [0.717, 1.165) is 36.5 Å². The van der Waals surface area contributed by atoms with Crippen molar-refractivity contribution in [2.45, 2.75) is 65.7 Å². The zero-order chi connectivity index (χ0) is 28.9. The summed E-state index contributed by atoms with van der Waals surface area (Å²) in [4.78, 5) is 24.8. The van der Waals surface area contributed by atoms with Gasteiger partial charge in [-0.05, 0) is 65.9 Å². The molecule has 0 saturated carbocycles. The molecule has 0 spiro atoms. The van der Waals surface area contributed by atoms with Crippen molar-refractivity contribution in [1.82, 2.24) is 0 Å². The van der Waals surface area contributed by atoms with Crippen molar-refractivity contribution in [2.75, 3.05) is 13.2 Å². The van der Waals surface area contributed by atoms with Crippen LogP contribution in [-0.4, -0.2) is 25.2 Å². The van der Waals surface area contributed by atoms with E-state index in [1.807, 2.05) is 32.0 Å². The molecule has 0 aliphatic rings. The Balaban J connectivity index is 1.55.